The van der Waals surface area contributed by atoms with Crippen LogP contribution in [0.2, 0.25) is 0 Å². The van der Waals surface area contributed by atoms with Crippen LogP contribution in [0.25, 0.3) is 0 Å². The lowest BCUT2D eigenvalue weighted by Gasteiger charge is -2.26. The molecule has 2 heterocycles. The first-order chi connectivity index (χ1) is 11.4. The Balaban J connectivity index is 1.81. The number of likely N-dealkylation sites (N-methyl/N-ethyl adjacent to an activating group) is 2. The summed E-state index contributed by atoms with van der Waals surface area (Å²) in [6.45, 7) is 6.11. The average Bonchev–Trinajstić information content (AvgIpc) is 3.12. The van der Waals surface area contributed by atoms with E-state index < -0.39 is 0 Å². The average molecular weight is 353 g/mol. The van der Waals surface area contributed by atoms with E-state index in [0.717, 1.165) is 5.69 Å². The first-order valence-electron chi connectivity index (χ1n) is 8.42. The summed E-state index contributed by atoms with van der Waals surface area (Å²) < 4.78 is 0. The highest BCUT2D eigenvalue weighted by Crippen LogP contribution is 2.19. The molecular formula is C16H27N5O2S. The van der Waals surface area contributed by atoms with Crippen molar-refractivity contribution < 1.29 is 9.59 Å². The molecule has 0 aromatic carbocycles. The zero-order valence-corrected chi connectivity index (χ0v) is 15.4. The summed E-state index contributed by atoms with van der Waals surface area (Å²) in [4.78, 5) is 32.7. The van der Waals surface area contributed by atoms with Gasteiger partial charge in [-0.05, 0) is 33.7 Å². The second-order valence-electron chi connectivity index (χ2n) is 6.14. The molecule has 134 valence electrons. The van der Waals surface area contributed by atoms with E-state index >= 15 is 0 Å². The molecule has 3 N–H and O–H groups in total. The minimum atomic E-state index is -0.145. The molecule has 7 nitrogen and oxygen atoms in total. The second kappa shape index (κ2) is 8.43. The first-order valence-corrected chi connectivity index (χ1v) is 9.30. The summed E-state index contributed by atoms with van der Waals surface area (Å²) in [5.74, 6) is 0.146. The van der Waals surface area contributed by atoms with Crippen LogP contribution in [0.1, 0.15) is 32.4 Å². The number of carbonyl (C=O) groups excluding carboxylic acids is 2. The van der Waals surface area contributed by atoms with E-state index in [2.05, 4.69) is 10.3 Å². The number of nitrogen functional groups attached to an aromatic ring is 1. The van der Waals surface area contributed by atoms with Crippen LogP contribution in [-0.2, 0) is 16.0 Å². The van der Waals surface area contributed by atoms with Gasteiger partial charge in [0.2, 0.25) is 11.8 Å². The lowest BCUT2D eigenvalue weighted by molar-refractivity contribution is -0.135. The Kier molecular flexibility index (Phi) is 6.56. The number of nitrogens with one attached hydrogen (secondary N) is 1. The van der Waals surface area contributed by atoms with Crippen molar-refractivity contribution in [3.8, 4) is 0 Å². The van der Waals surface area contributed by atoms with Gasteiger partial charge in [0.25, 0.3) is 0 Å². The van der Waals surface area contributed by atoms with E-state index in [0.29, 0.717) is 44.0 Å². The zero-order chi connectivity index (χ0) is 17.7. The fraction of sp³-hybridized carbons (Fsp3) is 0.688. The van der Waals surface area contributed by atoms with Gasteiger partial charge in [0.05, 0.1) is 11.7 Å². The van der Waals surface area contributed by atoms with Gasteiger partial charge in [-0.25, -0.2) is 4.98 Å². The molecular weight excluding hydrogens is 326 g/mol. The van der Waals surface area contributed by atoms with Crippen LogP contribution in [0.15, 0.2) is 5.38 Å². The third kappa shape index (κ3) is 4.67. The zero-order valence-electron chi connectivity index (χ0n) is 14.6. The molecule has 1 aliphatic rings. The van der Waals surface area contributed by atoms with Gasteiger partial charge in [-0.15, -0.1) is 11.3 Å². The number of nitrogens with two attached hydrogens (primary N) is 1. The Morgan fingerprint density at radius 2 is 2.17 bits per heavy atom. The van der Waals surface area contributed by atoms with E-state index in [1.165, 1.54) is 11.3 Å². The minimum absolute atomic E-state index is 0.00379. The van der Waals surface area contributed by atoms with Gasteiger partial charge in [-0.2, -0.15) is 0 Å². The number of hydrogen-bond acceptors (Lipinski definition) is 6. The number of aryl methyl sites for hydroxylation is 1. The molecule has 2 amide bonds. The van der Waals surface area contributed by atoms with Crippen LogP contribution < -0.4 is 11.1 Å². The molecule has 0 bridgehead atoms. The number of aromatic nitrogens is 1. The van der Waals surface area contributed by atoms with E-state index in [1.54, 1.807) is 0 Å². The molecule has 1 saturated heterocycles. The van der Waals surface area contributed by atoms with Crippen LogP contribution in [0.5, 0.6) is 0 Å². The topological polar surface area (TPSA) is 91.6 Å². The van der Waals surface area contributed by atoms with Crippen molar-refractivity contribution >= 4 is 28.3 Å². The number of likely N-dealkylation sites (tertiary alicyclic amines) is 1. The monoisotopic (exact) mass is 353 g/mol. The predicted molar refractivity (Wildman–Crippen MR) is 95.7 cm³/mol. The molecule has 1 fully saturated rings. The van der Waals surface area contributed by atoms with Gasteiger partial charge < -0.3 is 16.0 Å². The van der Waals surface area contributed by atoms with Crippen molar-refractivity contribution in [2.45, 2.75) is 45.2 Å². The van der Waals surface area contributed by atoms with Crippen molar-refractivity contribution in [2.24, 2.45) is 0 Å². The second-order valence-corrected chi connectivity index (χ2v) is 7.03. The fourth-order valence-corrected chi connectivity index (χ4v) is 3.71. The lowest BCUT2D eigenvalue weighted by atomic mass is 10.1. The number of nitrogens with zero attached hydrogens (tertiary/aromatic N) is 3. The maximum Gasteiger partial charge on any atom is 0.239 e. The molecule has 1 aliphatic heterocycles. The van der Waals surface area contributed by atoms with Crippen molar-refractivity contribution in [3.63, 3.8) is 0 Å². The van der Waals surface area contributed by atoms with Crippen molar-refractivity contribution in [1.82, 2.24) is 20.1 Å². The standard InChI is InChI=1S/C16H27N5O2S/c1-4-21(5-2)15(23)13-8-12(9-20(13)3)18-14(22)7-6-11-10-24-16(17)19-11/h10,12-13H,4-9H2,1-3H3,(H2,17,19)(H,18,22)/t12-,13+/m1/s1. The molecule has 0 saturated carbocycles. The Morgan fingerprint density at radius 3 is 2.75 bits per heavy atom. The van der Waals surface area contributed by atoms with Crippen molar-refractivity contribution in [3.05, 3.63) is 11.1 Å². The maximum absolute atomic E-state index is 12.5. The van der Waals surface area contributed by atoms with Crippen LogP contribution in [0.3, 0.4) is 0 Å². The van der Waals surface area contributed by atoms with Gasteiger partial charge in [0.1, 0.15) is 0 Å². The molecule has 0 spiro atoms. The number of hydrogen-bond donors (Lipinski definition) is 2. The van der Waals surface area contributed by atoms with Crippen LogP contribution in [0.4, 0.5) is 5.13 Å². The lowest BCUT2D eigenvalue weighted by Crippen LogP contribution is -2.44. The largest absolute Gasteiger partial charge is 0.375 e. The molecule has 8 heteroatoms. The van der Waals surface area contributed by atoms with Crippen LogP contribution in [0, 0.1) is 0 Å². The Bertz CT molecular complexity index is 573. The molecule has 0 aliphatic carbocycles. The predicted octanol–water partition coefficient (Wildman–Crippen LogP) is 0.715. The number of rotatable bonds is 7. The third-order valence-electron chi connectivity index (χ3n) is 4.45. The number of carbonyl (C=O) groups is 2. The molecule has 0 radical (unpaired) electrons. The molecule has 2 atom stereocenters. The highest BCUT2D eigenvalue weighted by atomic mass is 32.1. The number of amides is 2. The summed E-state index contributed by atoms with van der Waals surface area (Å²) in [5, 5.41) is 5.45. The number of thiazole rings is 1. The Morgan fingerprint density at radius 1 is 1.46 bits per heavy atom. The van der Waals surface area contributed by atoms with E-state index in [9.17, 15) is 9.59 Å². The fourth-order valence-electron chi connectivity index (χ4n) is 3.12. The van der Waals surface area contributed by atoms with Crippen molar-refractivity contribution in [2.75, 3.05) is 32.4 Å². The normalized spacial score (nSPS) is 21.0. The molecule has 0 unspecified atom stereocenters. The van der Waals surface area contributed by atoms with E-state index in [4.69, 9.17) is 5.73 Å². The summed E-state index contributed by atoms with van der Waals surface area (Å²) in [6, 6.07) is -0.124. The highest BCUT2D eigenvalue weighted by Gasteiger charge is 2.36. The SMILES string of the molecule is CCN(CC)C(=O)[C@@H]1C[C@@H](NC(=O)CCc2csc(N)n2)CN1C. The van der Waals surface area contributed by atoms with Gasteiger partial charge in [0.15, 0.2) is 5.13 Å². The smallest absolute Gasteiger partial charge is 0.239 e. The number of anilines is 1. The van der Waals surface area contributed by atoms with Gasteiger partial charge in [-0.3, -0.25) is 14.5 Å². The quantitative estimate of drug-likeness (QED) is 0.753. The Labute approximate surface area is 147 Å². The van der Waals surface area contributed by atoms with Crippen LogP contribution >= 0.6 is 11.3 Å². The van der Waals surface area contributed by atoms with Crippen LogP contribution in [-0.4, -0.2) is 65.4 Å². The van der Waals surface area contributed by atoms with E-state index in [-0.39, 0.29) is 23.9 Å². The third-order valence-corrected chi connectivity index (χ3v) is 5.17. The van der Waals surface area contributed by atoms with Gasteiger partial charge in [0, 0.05) is 37.5 Å². The Hall–Kier alpha value is -1.67. The van der Waals surface area contributed by atoms with E-state index in [1.807, 2.05) is 36.1 Å². The first kappa shape index (κ1) is 18.7. The molecule has 1 aromatic heterocycles. The molecule has 2 rings (SSSR count). The maximum atomic E-state index is 12.5. The van der Waals surface area contributed by atoms with Crippen molar-refractivity contribution in [1.29, 1.82) is 0 Å². The van der Waals surface area contributed by atoms with Gasteiger partial charge in [-0.1, -0.05) is 0 Å². The summed E-state index contributed by atoms with van der Waals surface area (Å²) in [6.07, 6.45) is 1.64. The minimum Gasteiger partial charge on any atom is -0.375 e. The van der Waals surface area contributed by atoms with Gasteiger partial charge >= 0.3 is 0 Å². The summed E-state index contributed by atoms with van der Waals surface area (Å²) in [7, 11) is 1.94. The summed E-state index contributed by atoms with van der Waals surface area (Å²) in [5.41, 5.74) is 6.44. The highest BCUT2D eigenvalue weighted by molar-refractivity contribution is 7.13. The molecule has 1 aromatic rings. The molecule has 24 heavy (non-hydrogen) atoms. The summed E-state index contributed by atoms with van der Waals surface area (Å²) >= 11 is 1.39.